The topological polar surface area (TPSA) is 58.3 Å². The maximum Gasteiger partial charge on any atom is 0.279 e. The molecule has 6 heteroatoms. The highest BCUT2D eigenvalue weighted by Crippen LogP contribution is 2.35. The highest BCUT2D eigenvalue weighted by atomic mass is 16.2. The highest BCUT2D eigenvalue weighted by molar-refractivity contribution is 5.92. The number of carbonyl (C=O) groups excluding carboxylic acids is 2. The van der Waals surface area contributed by atoms with Crippen molar-refractivity contribution < 1.29 is 19.4 Å². The fourth-order valence-electron chi connectivity index (χ4n) is 5.84. The molecule has 31 heavy (non-hydrogen) atoms. The Balaban J connectivity index is 1.18. The fraction of sp³-hybridized carbons (Fsp3) is 0.680. The van der Waals surface area contributed by atoms with E-state index < -0.39 is 0 Å². The number of fused-ring (bicyclic) bond motifs is 1. The van der Waals surface area contributed by atoms with Gasteiger partial charge in [-0.05, 0) is 42.7 Å². The van der Waals surface area contributed by atoms with Gasteiger partial charge in [-0.3, -0.25) is 9.59 Å². The van der Waals surface area contributed by atoms with Crippen LogP contribution in [0, 0.1) is 11.8 Å². The smallest absolute Gasteiger partial charge is 0.279 e. The first-order valence-corrected chi connectivity index (χ1v) is 12.4. The highest BCUT2D eigenvalue weighted by Gasteiger charge is 2.34. The molecule has 2 aliphatic heterocycles. The number of rotatable bonds is 6. The molecule has 2 heterocycles. The molecule has 2 amide bonds. The van der Waals surface area contributed by atoms with E-state index in [1.165, 1.54) is 47.5 Å². The van der Waals surface area contributed by atoms with Gasteiger partial charge in [0.2, 0.25) is 0 Å². The number of piperidine rings is 1. The Bertz CT molecular complexity index is 760. The van der Waals surface area contributed by atoms with Crippen LogP contribution in [-0.2, 0) is 16.0 Å². The van der Waals surface area contributed by atoms with E-state index >= 15 is 0 Å². The van der Waals surface area contributed by atoms with Gasteiger partial charge in [-0.1, -0.05) is 44.4 Å². The van der Waals surface area contributed by atoms with Gasteiger partial charge in [0.25, 0.3) is 11.8 Å². The Kier molecular flexibility index (Phi) is 7.62. The van der Waals surface area contributed by atoms with Crippen LogP contribution in [0.25, 0.3) is 0 Å². The molecular weight excluding hydrogens is 388 g/mol. The Labute approximate surface area is 187 Å². The summed E-state index contributed by atoms with van der Waals surface area (Å²) in [4.78, 5) is 30.3. The Hall–Kier alpha value is -1.92. The summed E-state index contributed by atoms with van der Waals surface area (Å²) in [6, 6.07) is 8.03. The van der Waals surface area contributed by atoms with Crippen molar-refractivity contribution in [2.24, 2.45) is 11.8 Å². The normalized spacial score (nSPS) is 28.6. The van der Waals surface area contributed by atoms with Crippen LogP contribution in [0.1, 0.15) is 44.6 Å². The monoisotopic (exact) mass is 428 g/mol. The number of anilines is 1. The van der Waals surface area contributed by atoms with Gasteiger partial charge in [-0.15, -0.1) is 0 Å². The molecule has 0 aromatic heterocycles. The van der Waals surface area contributed by atoms with Crippen LogP contribution in [0.15, 0.2) is 24.3 Å². The van der Waals surface area contributed by atoms with Crippen molar-refractivity contribution in [2.75, 3.05) is 57.7 Å². The van der Waals surface area contributed by atoms with Gasteiger partial charge < -0.3 is 20.0 Å². The molecule has 1 aliphatic carbocycles. The average Bonchev–Trinajstić information content (AvgIpc) is 2.80. The number of hydrogen-bond donors (Lipinski definition) is 3. The summed E-state index contributed by atoms with van der Waals surface area (Å²) in [5.41, 5.74) is 2.11. The Morgan fingerprint density at radius 2 is 1.65 bits per heavy atom. The first-order chi connectivity index (χ1) is 15.1. The van der Waals surface area contributed by atoms with Gasteiger partial charge in [0.15, 0.2) is 13.1 Å². The lowest BCUT2D eigenvalue weighted by molar-refractivity contribution is -1.00. The molecule has 0 radical (unpaired) electrons. The molecule has 2 saturated heterocycles. The summed E-state index contributed by atoms with van der Waals surface area (Å²) in [6.07, 6.45) is 7.54. The number of piperazine rings is 1. The largest absolute Gasteiger partial charge is 0.338 e. The number of aryl methyl sites for hydroxylation is 1. The molecule has 3 fully saturated rings. The summed E-state index contributed by atoms with van der Waals surface area (Å²) in [6.45, 7) is 9.05. The molecular formula is C25H40N4O2+2. The van der Waals surface area contributed by atoms with E-state index in [0.717, 1.165) is 63.2 Å². The van der Waals surface area contributed by atoms with Crippen LogP contribution in [0.4, 0.5) is 5.69 Å². The van der Waals surface area contributed by atoms with Gasteiger partial charge in [0.05, 0.1) is 0 Å². The van der Waals surface area contributed by atoms with Crippen molar-refractivity contribution in [3.8, 4) is 0 Å². The lowest BCUT2D eigenvalue weighted by Crippen LogP contribution is -3.28. The molecule has 4 rings (SSSR count). The second-order valence-corrected chi connectivity index (χ2v) is 9.85. The van der Waals surface area contributed by atoms with Crippen LogP contribution >= 0.6 is 0 Å². The van der Waals surface area contributed by atoms with Crippen molar-refractivity contribution >= 4 is 17.5 Å². The van der Waals surface area contributed by atoms with E-state index in [1.54, 1.807) is 0 Å². The number of quaternary nitrogens is 2. The van der Waals surface area contributed by atoms with E-state index in [4.69, 9.17) is 0 Å². The number of nitrogens with one attached hydrogen (secondary N) is 3. The van der Waals surface area contributed by atoms with Crippen LogP contribution in [0.2, 0.25) is 0 Å². The first-order valence-electron chi connectivity index (χ1n) is 12.4. The molecule has 170 valence electrons. The van der Waals surface area contributed by atoms with E-state index in [1.807, 2.05) is 18.2 Å². The Morgan fingerprint density at radius 1 is 0.968 bits per heavy atom. The lowest BCUT2D eigenvalue weighted by atomic mass is 9.75. The van der Waals surface area contributed by atoms with Gasteiger partial charge in [0, 0.05) is 18.8 Å². The van der Waals surface area contributed by atoms with Crippen molar-refractivity contribution in [3.05, 3.63) is 29.8 Å². The predicted octanol–water partition coefficient (Wildman–Crippen LogP) is 0.00960. The van der Waals surface area contributed by atoms with Crippen molar-refractivity contribution in [3.63, 3.8) is 0 Å². The summed E-state index contributed by atoms with van der Waals surface area (Å²) >= 11 is 0. The minimum absolute atomic E-state index is 0.0887. The van der Waals surface area contributed by atoms with Crippen LogP contribution in [0.3, 0.4) is 0 Å². The van der Waals surface area contributed by atoms with Crippen molar-refractivity contribution in [1.82, 2.24) is 4.90 Å². The standard InChI is InChI=1S/C25H38N4O2/c1-2-20-7-5-6-10-23(20)26-24(30)18-27-13-15-28(16-14-27)19-25(31)29-12-11-21-8-3-4-9-22(21)17-29/h5-7,10,21-22H,2-4,8-9,11-19H2,1H3,(H,26,30)/p+2/t21-,22+/m1/s1. The quantitative estimate of drug-likeness (QED) is 0.598. The number of nitrogens with zero attached hydrogens (tertiary/aromatic N) is 1. The lowest BCUT2D eigenvalue weighted by Gasteiger charge is -2.41. The zero-order valence-electron chi connectivity index (χ0n) is 19.1. The number of likely N-dealkylation sites (tertiary alicyclic amines) is 1. The molecule has 3 aliphatic rings. The number of carbonyl (C=O) groups is 2. The minimum atomic E-state index is 0.0887. The third-order valence-electron chi connectivity index (χ3n) is 7.79. The third-order valence-corrected chi connectivity index (χ3v) is 7.79. The average molecular weight is 429 g/mol. The molecule has 1 aromatic rings. The predicted molar refractivity (Wildman–Crippen MR) is 122 cm³/mol. The second kappa shape index (κ2) is 10.6. The number of amides is 2. The van der Waals surface area contributed by atoms with Crippen LogP contribution < -0.4 is 15.1 Å². The number of para-hydroxylation sites is 1. The van der Waals surface area contributed by atoms with Gasteiger partial charge in [-0.2, -0.15) is 0 Å². The number of hydrogen-bond acceptors (Lipinski definition) is 2. The molecule has 3 N–H and O–H groups in total. The van der Waals surface area contributed by atoms with E-state index in [0.29, 0.717) is 19.0 Å². The SMILES string of the molecule is CCc1ccccc1NC(=O)C[NH+]1CC[NH+](CC(=O)N2CC[C@H]3CCCC[C@H]3C2)CC1. The molecule has 0 unspecified atom stereocenters. The minimum Gasteiger partial charge on any atom is -0.338 e. The maximum absolute atomic E-state index is 12.9. The zero-order chi connectivity index (χ0) is 21.6. The molecule has 6 nitrogen and oxygen atoms in total. The Morgan fingerprint density at radius 3 is 2.39 bits per heavy atom. The molecule has 2 atom stereocenters. The van der Waals surface area contributed by atoms with Crippen molar-refractivity contribution in [1.29, 1.82) is 0 Å². The van der Waals surface area contributed by atoms with Crippen LogP contribution in [-0.4, -0.2) is 69.1 Å². The van der Waals surface area contributed by atoms with Crippen molar-refractivity contribution in [2.45, 2.75) is 45.4 Å². The molecule has 1 aromatic carbocycles. The first kappa shape index (κ1) is 22.3. The van der Waals surface area contributed by atoms with E-state index in [2.05, 4.69) is 23.2 Å². The molecule has 0 spiro atoms. The summed E-state index contributed by atoms with van der Waals surface area (Å²) < 4.78 is 0. The third kappa shape index (κ3) is 5.86. The van der Waals surface area contributed by atoms with Gasteiger partial charge in [-0.25, -0.2) is 0 Å². The second-order valence-electron chi connectivity index (χ2n) is 9.85. The van der Waals surface area contributed by atoms with Gasteiger partial charge in [0.1, 0.15) is 26.2 Å². The molecule has 1 saturated carbocycles. The van der Waals surface area contributed by atoms with Gasteiger partial charge >= 0.3 is 0 Å². The van der Waals surface area contributed by atoms with E-state index in [-0.39, 0.29) is 5.91 Å². The van der Waals surface area contributed by atoms with Crippen LogP contribution in [0.5, 0.6) is 0 Å². The summed E-state index contributed by atoms with van der Waals surface area (Å²) in [5.74, 6) is 2.05. The molecule has 0 bridgehead atoms. The summed E-state index contributed by atoms with van der Waals surface area (Å²) in [7, 11) is 0. The number of benzene rings is 1. The zero-order valence-corrected chi connectivity index (χ0v) is 19.1. The van der Waals surface area contributed by atoms with E-state index in [9.17, 15) is 9.59 Å². The fourth-order valence-corrected chi connectivity index (χ4v) is 5.84. The summed E-state index contributed by atoms with van der Waals surface area (Å²) in [5, 5.41) is 3.09. The maximum atomic E-state index is 12.9.